The Kier molecular flexibility index (Phi) is 5.87. The predicted molar refractivity (Wildman–Crippen MR) is 120 cm³/mol. The Morgan fingerprint density at radius 1 is 1.18 bits per heavy atom. The highest BCUT2D eigenvalue weighted by atomic mass is 16.5. The van der Waals surface area contributed by atoms with E-state index in [0.29, 0.717) is 18.3 Å². The van der Waals surface area contributed by atoms with Gasteiger partial charge in [0.2, 0.25) is 23.5 Å². The highest BCUT2D eigenvalue weighted by Gasteiger charge is 2.38. The Morgan fingerprint density at radius 3 is 2.64 bits per heavy atom. The number of piperazine rings is 1. The van der Waals surface area contributed by atoms with E-state index in [2.05, 4.69) is 49.6 Å². The van der Waals surface area contributed by atoms with Gasteiger partial charge in [0.25, 0.3) is 0 Å². The lowest BCUT2D eigenvalue weighted by Gasteiger charge is -2.39. The van der Waals surface area contributed by atoms with E-state index in [1.807, 2.05) is 0 Å². The molecule has 1 aliphatic heterocycles. The predicted octanol–water partition coefficient (Wildman–Crippen LogP) is 1.45. The van der Waals surface area contributed by atoms with Gasteiger partial charge in [0.15, 0.2) is 0 Å². The van der Waals surface area contributed by atoms with E-state index < -0.39 is 6.04 Å². The lowest BCUT2D eigenvalue weighted by Crippen LogP contribution is -2.59. The van der Waals surface area contributed by atoms with E-state index in [4.69, 9.17) is 4.52 Å². The first-order valence-corrected chi connectivity index (χ1v) is 11.2. The van der Waals surface area contributed by atoms with Crippen molar-refractivity contribution in [1.82, 2.24) is 30.2 Å². The van der Waals surface area contributed by atoms with E-state index in [1.165, 1.54) is 16.0 Å². The molecule has 3 aromatic rings. The Hall–Kier alpha value is -3.59. The second-order valence-corrected chi connectivity index (χ2v) is 8.58. The first-order valence-electron chi connectivity index (χ1n) is 11.2. The van der Waals surface area contributed by atoms with Gasteiger partial charge in [-0.2, -0.15) is 4.98 Å². The third kappa shape index (κ3) is 4.49. The fraction of sp³-hybridized carbons (Fsp3) is 0.375. The van der Waals surface area contributed by atoms with Crippen LogP contribution in [0.2, 0.25) is 0 Å². The summed E-state index contributed by atoms with van der Waals surface area (Å²) in [5, 5.41) is 6.91. The Labute approximate surface area is 191 Å². The number of hydrogen-bond acceptors (Lipinski definition) is 7. The van der Waals surface area contributed by atoms with Gasteiger partial charge < -0.3 is 14.7 Å². The molecule has 1 aliphatic carbocycles. The Morgan fingerprint density at radius 2 is 1.91 bits per heavy atom. The normalized spacial score (nSPS) is 18.7. The van der Waals surface area contributed by atoms with E-state index >= 15 is 0 Å². The van der Waals surface area contributed by atoms with Gasteiger partial charge in [0, 0.05) is 44.1 Å². The van der Waals surface area contributed by atoms with Crippen LogP contribution in [0.5, 0.6) is 0 Å². The molecule has 1 atom stereocenters. The number of carbonyl (C=O) groups is 2. The SMILES string of the molecule is CN(Cc1nc(-c2ccncc2)no1)C(=O)CC1C(=O)NCCN1C1Cc2ccccc2C1. The van der Waals surface area contributed by atoms with Crippen LogP contribution in [0.3, 0.4) is 0 Å². The van der Waals surface area contributed by atoms with Gasteiger partial charge in [0.1, 0.15) is 0 Å². The van der Waals surface area contributed by atoms with Gasteiger partial charge in [-0.1, -0.05) is 29.4 Å². The van der Waals surface area contributed by atoms with Crippen molar-refractivity contribution in [3.8, 4) is 11.4 Å². The average molecular weight is 447 g/mol. The fourth-order valence-electron chi connectivity index (χ4n) is 4.70. The summed E-state index contributed by atoms with van der Waals surface area (Å²) in [7, 11) is 1.69. The summed E-state index contributed by atoms with van der Waals surface area (Å²) in [6, 6.07) is 11.7. The molecule has 0 spiro atoms. The smallest absolute Gasteiger partial charge is 0.246 e. The van der Waals surface area contributed by atoms with Crippen LogP contribution in [0.15, 0.2) is 53.3 Å². The molecule has 0 bridgehead atoms. The Balaban J connectivity index is 1.24. The van der Waals surface area contributed by atoms with Crippen molar-refractivity contribution in [2.45, 2.75) is 37.9 Å². The third-order valence-electron chi connectivity index (χ3n) is 6.44. The summed E-state index contributed by atoms with van der Waals surface area (Å²) in [6.45, 7) is 1.52. The summed E-state index contributed by atoms with van der Waals surface area (Å²) in [6.07, 6.45) is 5.24. The molecule has 0 radical (unpaired) electrons. The molecule has 9 nitrogen and oxygen atoms in total. The summed E-state index contributed by atoms with van der Waals surface area (Å²) < 4.78 is 5.32. The number of hydrogen-bond donors (Lipinski definition) is 1. The van der Waals surface area contributed by atoms with Gasteiger partial charge in [-0.15, -0.1) is 0 Å². The van der Waals surface area contributed by atoms with Crippen molar-refractivity contribution < 1.29 is 14.1 Å². The molecule has 9 heteroatoms. The number of aromatic nitrogens is 3. The lowest BCUT2D eigenvalue weighted by atomic mass is 10.0. The summed E-state index contributed by atoms with van der Waals surface area (Å²) in [5.74, 6) is 0.568. The van der Waals surface area contributed by atoms with Crippen LogP contribution < -0.4 is 5.32 Å². The lowest BCUT2D eigenvalue weighted by molar-refractivity contribution is -0.139. The monoisotopic (exact) mass is 446 g/mol. The number of rotatable bonds is 6. The average Bonchev–Trinajstić information content (AvgIpc) is 3.48. The number of pyridine rings is 1. The minimum Gasteiger partial charge on any atom is -0.353 e. The van der Waals surface area contributed by atoms with Gasteiger partial charge in [-0.25, -0.2) is 0 Å². The maximum Gasteiger partial charge on any atom is 0.246 e. The molecule has 2 amide bonds. The molecule has 1 saturated heterocycles. The Bertz CT molecular complexity index is 1120. The molecule has 33 heavy (non-hydrogen) atoms. The highest BCUT2D eigenvalue weighted by molar-refractivity contribution is 5.88. The summed E-state index contributed by atoms with van der Waals surface area (Å²) >= 11 is 0. The zero-order chi connectivity index (χ0) is 22.8. The zero-order valence-corrected chi connectivity index (χ0v) is 18.5. The number of amides is 2. The second-order valence-electron chi connectivity index (χ2n) is 8.58. The van der Waals surface area contributed by atoms with Crippen LogP contribution in [-0.2, 0) is 29.0 Å². The summed E-state index contributed by atoms with van der Waals surface area (Å²) in [4.78, 5) is 37.9. The summed E-state index contributed by atoms with van der Waals surface area (Å²) in [5.41, 5.74) is 3.45. The number of carbonyl (C=O) groups excluding carboxylic acids is 2. The molecular weight excluding hydrogens is 420 g/mol. The van der Waals surface area contributed by atoms with Crippen molar-refractivity contribution in [2.75, 3.05) is 20.1 Å². The van der Waals surface area contributed by atoms with Crippen molar-refractivity contribution in [3.05, 3.63) is 65.8 Å². The molecule has 2 aromatic heterocycles. The third-order valence-corrected chi connectivity index (χ3v) is 6.44. The first-order chi connectivity index (χ1) is 16.1. The van der Waals surface area contributed by atoms with Crippen LogP contribution in [0.1, 0.15) is 23.4 Å². The van der Waals surface area contributed by atoms with E-state index in [-0.39, 0.29) is 30.8 Å². The molecule has 1 unspecified atom stereocenters. The molecule has 170 valence electrons. The molecule has 0 saturated carbocycles. The van der Waals surface area contributed by atoms with Crippen LogP contribution in [-0.4, -0.2) is 69.0 Å². The highest BCUT2D eigenvalue weighted by Crippen LogP contribution is 2.28. The molecule has 5 rings (SSSR count). The van der Waals surface area contributed by atoms with Gasteiger partial charge >= 0.3 is 0 Å². The van der Waals surface area contributed by atoms with Crippen molar-refractivity contribution >= 4 is 11.8 Å². The van der Waals surface area contributed by atoms with Crippen molar-refractivity contribution in [3.63, 3.8) is 0 Å². The number of fused-ring (bicyclic) bond motifs is 1. The number of nitrogens with one attached hydrogen (secondary N) is 1. The molecule has 1 N–H and O–H groups in total. The maximum atomic E-state index is 13.0. The van der Waals surface area contributed by atoms with Gasteiger partial charge in [-0.3, -0.25) is 19.5 Å². The second kappa shape index (κ2) is 9.11. The van der Waals surface area contributed by atoms with Crippen LogP contribution in [0, 0.1) is 0 Å². The molecule has 1 fully saturated rings. The maximum absolute atomic E-state index is 13.0. The van der Waals surface area contributed by atoms with Gasteiger partial charge in [-0.05, 0) is 36.1 Å². The molecule has 3 heterocycles. The standard InChI is InChI=1S/C24H26N6O3/c1-29(15-21-27-23(28-33-21)16-6-8-25-9-7-16)22(31)14-20-24(32)26-10-11-30(20)19-12-17-4-2-3-5-18(17)13-19/h2-9,19-20H,10-15H2,1H3,(H,26,32). The van der Waals surface area contributed by atoms with Crippen molar-refractivity contribution in [2.24, 2.45) is 0 Å². The van der Waals surface area contributed by atoms with Crippen LogP contribution >= 0.6 is 0 Å². The van der Waals surface area contributed by atoms with E-state index in [1.54, 1.807) is 31.6 Å². The quantitative estimate of drug-likeness (QED) is 0.611. The fourth-order valence-corrected chi connectivity index (χ4v) is 4.70. The topological polar surface area (TPSA) is 104 Å². The minimum atomic E-state index is -0.483. The number of benzene rings is 1. The number of nitrogens with zero attached hydrogens (tertiary/aromatic N) is 5. The first kappa shape index (κ1) is 21.3. The van der Waals surface area contributed by atoms with Crippen molar-refractivity contribution in [1.29, 1.82) is 0 Å². The van der Waals surface area contributed by atoms with Crippen LogP contribution in [0.4, 0.5) is 0 Å². The van der Waals surface area contributed by atoms with E-state index in [0.717, 1.165) is 24.9 Å². The minimum absolute atomic E-state index is 0.0864. The van der Waals surface area contributed by atoms with Crippen LogP contribution in [0.25, 0.3) is 11.4 Å². The van der Waals surface area contributed by atoms with Gasteiger partial charge in [0.05, 0.1) is 19.0 Å². The largest absolute Gasteiger partial charge is 0.353 e. The molecule has 1 aromatic carbocycles. The van der Waals surface area contributed by atoms with E-state index in [9.17, 15) is 9.59 Å². The molecular formula is C24H26N6O3. The molecule has 2 aliphatic rings. The zero-order valence-electron chi connectivity index (χ0n) is 18.5.